The van der Waals surface area contributed by atoms with E-state index in [4.69, 9.17) is 5.73 Å². The van der Waals surface area contributed by atoms with E-state index in [-0.39, 0.29) is 11.8 Å². The molecule has 0 radical (unpaired) electrons. The summed E-state index contributed by atoms with van der Waals surface area (Å²) in [5, 5.41) is 9.38. The molecule has 0 saturated carbocycles. The molecule has 1 aliphatic carbocycles. The molecule has 0 aromatic carbocycles. The van der Waals surface area contributed by atoms with E-state index >= 15 is 0 Å². The van der Waals surface area contributed by atoms with E-state index in [0.717, 1.165) is 35.5 Å². The van der Waals surface area contributed by atoms with E-state index in [1.165, 1.54) is 5.56 Å². The topological polar surface area (TPSA) is 71.8 Å². The van der Waals surface area contributed by atoms with Crippen LogP contribution in [0.2, 0.25) is 0 Å². The third-order valence-corrected chi connectivity index (χ3v) is 4.14. The summed E-state index contributed by atoms with van der Waals surface area (Å²) in [5.41, 5.74) is 8.51. The predicted octanol–water partition coefficient (Wildman–Crippen LogP) is 2.04. The molecule has 5 heteroatoms. The monoisotopic (exact) mass is 247 g/mol. The van der Waals surface area contributed by atoms with Crippen LogP contribution in [0.25, 0.3) is 10.6 Å². The van der Waals surface area contributed by atoms with Crippen LogP contribution in [0, 0.1) is 0 Å². The highest BCUT2D eigenvalue weighted by Gasteiger charge is 2.29. The third-order valence-electron chi connectivity index (χ3n) is 3.27. The largest absolute Gasteiger partial charge is 0.369 e. The number of rotatable bonds is 2. The number of amides is 1. The summed E-state index contributed by atoms with van der Waals surface area (Å²) in [4.78, 5) is 12.5. The second-order valence-electron chi connectivity index (χ2n) is 4.29. The number of nitrogens with zero attached hydrogens (tertiary/aromatic N) is 1. The molecule has 2 aromatic heterocycles. The summed E-state index contributed by atoms with van der Waals surface area (Å²) < 4.78 is 0. The highest BCUT2D eigenvalue weighted by Crippen LogP contribution is 2.36. The van der Waals surface area contributed by atoms with Crippen LogP contribution in [0.15, 0.2) is 17.5 Å². The molecule has 4 nitrogen and oxygen atoms in total. The minimum atomic E-state index is -0.257. The fourth-order valence-electron chi connectivity index (χ4n) is 2.45. The zero-order valence-electron chi connectivity index (χ0n) is 9.27. The maximum Gasteiger partial charge on any atom is 0.226 e. The maximum absolute atomic E-state index is 11.4. The molecule has 1 amide bonds. The minimum Gasteiger partial charge on any atom is -0.369 e. The average molecular weight is 247 g/mol. The van der Waals surface area contributed by atoms with E-state index in [9.17, 15) is 4.79 Å². The van der Waals surface area contributed by atoms with Gasteiger partial charge in [0, 0.05) is 5.56 Å². The summed E-state index contributed by atoms with van der Waals surface area (Å²) in [6.07, 6.45) is 2.80. The molecule has 88 valence electrons. The highest BCUT2D eigenvalue weighted by atomic mass is 32.1. The molecular formula is C12H13N3OS. The first kappa shape index (κ1) is 10.5. The molecule has 0 bridgehead atoms. The van der Waals surface area contributed by atoms with E-state index in [0.29, 0.717) is 0 Å². The van der Waals surface area contributed by atoms with Gasteiger partial charge < -0.3 is 5.73 Å². The average Bonchev–Trinajstić information content (AvgIpc) is 2.96. The van der Waals surface area contributed by atoms with Gasteiger partial charge in [0.25, 0.3) is 0 Å². The van der Waals surface area contributed by atoms with Gasteiger partial charge in [-0.3, -0.25) is 9.89 Å². The summed E-state index contributed by atoms with van der Waals surface area (Å²) in [7, 11) is 0. The molecule has 1 atom stereocenters. The quantitative estimate of drug-likeness (QED) is 0.852. The SMILES string of the molecule is NC(=O)C1CCCc2c(-c3cccs3)n[nH]c21. The number of carbonyl (C=O) groups is 1. The number of primary amides is 1. The molecule has 3 N–H and O–H groups in total. The molecule has 2 aromatic rings. The van der Waals surface area contributed by atoms with Crippen molar-refractivity contribution in [1.29, 1.82) is 0 Å². The summed E-state index contributed by atoms with van der Waals surface area (Å²) in [6, 6.07) is 4.06. The Balaban J connectivity index is 2.08. The standard InChI is InChI=1S/C12H13N3OS/c13-12(16)8-4-1-3-7-10(8)14-15-11(7)9-5-2-6-17-9/h2,5-6,8H,1,3-4H2,(H2,13,16)(H,14,15). The summed E-state index contributed by atoms with van der Waals surface area (Å²) in [5.74, 6) is -0.452. The Morgan fingerprint density at radius 2 is 2.47 bits per heavy atom. The van der Waals surface area contributed by atoms with E-state index in [1.807, 2.05) is 11.4 Å². The number of nitrogens with two attached hydrogens (primary N) is 1. The zero-order valence-corrected chi connectivity index (χ0v) is 10.1. The predicted molar refractivity (Wildman–Crippen MR) is 66.8 cm³/mol. The van der Waals surface area contributed by atoms with Crippen LogP contribution in [0.4, 0.5) is 0 Å². The summed E-state index contributed by atoms with van der Waals surface area (Å²) in [6.45, 7) is 0. The van der Waals surface area contributed by atoms with Gasteiger partial charge in [0.05, 0.1) is 16.5 Å². The smallest absolute Gasteiger partial charge is 0.226 e. The van der Waals surface area contributed by atoms with Crippen molar-refractivity contribution in [3.05, 3.63) is 28.8 Å². The van der Waals surface area contributed by atoms with Gasteiger partial charge >= 0.3 is 0 Å². The number of hydrogen-bond acceptors (Lipinski definition) is 3. The molecule has 17 heavy (non-hydrogen) atoms. The maximum atomic E-state index is 11.4. The Hall–Kier alpha value is -1.62. The van der Waals surface area contributed by atoms with Gasteiger partial charge in [0.2, 0.25) is 5.91 Å². The number of thiophene rings is 1. The normalized spacial score (nSPS) is 18.9. The first-order valence-electron chi connectivity index (χ1n) is 5.67. The second-order valence-corrected chi connectivity index (χ2v) is 5.24. The van der Waals surface area contributed by atoms with Crippen molar-refractivity contribution in [1.82, 2.24) is 10.2 Å². The molecular weight excluding hydrogens is 234 g/mol. The molecule has 1 unspecified atom stereocenters. The molecule has 3 rings (SSSR count). The van der Waals surface area contributed by atoms with Crippen LogP contribution in [-0.2, 0) is 11.2 Å². The first-order chi connectivity index (χ1) is 8.27. The van der Waals surface area contributed by atoms with Gasteiger partial charge in [-0.05, 0) is 30.7 Å². The molecule has 1 aliphatic rings. The van der Waals surface area contributed by atoms with E-state index in [1.54, 1.807) is 11.3 Å². The van der Waals surface area contributed by atoms with Crippen LogP contribution >= 0.6 is 11.3 Å². The number of hydrogen-bond donors (Lipinski definition) is 2. The molecule has 2 heterocycles. The molecule has 0 aliphatic heterocycles. The minimum absolute atomic E-state index is 0.194. The van der Waals surface area contributed by atoms with Crippen LogP contribution < -0.4 is 5.73 Å². The molecule has 0 spiro atoms. The Morgan fingerprint density at radius 1 is 1.59 bits per heavy atom. The van der Waals surface area contributed by atoms with E-state index in [2.05, 4.69) is 16.3 Å². The number of aromatic amines is 1. The van der Waals surface area contributed by atoms with Gasteiger partial charge in [0.15, 0.2) is 0 Å². The lowest BCUT2D eigenvalue weighted by molar-refractivity contribution is -0.119. The fraction of sp³-hybridized carbons (Fsp3) is 0.333. The van der Waals surface area contributed by atoms with Gasteiger partial charge in [-0.2, -0.15) is 5.10 Å². The fourth-order valence-corrected chi connectivity index (χ4v) is 3.19. The number of aromatic nitrogens is 2. The second kappa shape index (κ2) is 4.00. The van der Waals surface area contributed by atoms with Crippen molar-refractivity contribution in [3.8, 4) is 10.6 Å². The lowest BCUT2D eigenvalue weighted by Gasteiger charge is -2.19. The number of nitrogens with one attached hydrogen (secondary N) is 1. The van der Waals surface area contributed by atoms with Gasteiger partial charge in [-0.15, -0.1) is 11.3 Å². The Labute approximate surface area is 103 Å². The van der Waals surface area contributed by atoms with Crippen molar-refractivity contribution < 1.29 is 4.79 Å². The summed E-state index contributed by atoms with van der Waals surface area (Å²) >= 11 is 1.66. The van der Waals surface area contributed by atoms with Crippen molar-refractivity contribution in [2.45, 2.75) is 25.2 Å². The van der Waals surface area contributed by atoms with Crippen LogP contribution in [-0.4, -0.2) is 16.1 Å². The zero-order chi connectivity index (χ0) is 11.8. The van der Waals surface area contributed by atoms with Crippen molar-refractivity contribution in [2.24, 2.45) is 5.73 Å². The van der Waals surface area contributed by atoms with Gasteiger partial charge in [-0.25, -0.2) is 0 Å². The lowest BCUT2D eigenvalue weighted by Crippen LogP contribution is -2.25. The van der Waals surface area contributed by atoms with Crippen molar-refractivity contribution >= 4 is 17.2 Å². The van der Waals surface area contributed by atoms with Gasteiger partial charge in [0.1, 0.15) is 5.69 Å². The van der Waals surface area contributed by atoms with Crippen molar-refractivity contribution in [2.75, 3.05) is 0 Å². The van der Waals surface area contributed by atoms with Crippen LogP contribution in [0.1, 0.15) is 30.0 Å². The number of carbonyl (C=O) groups excluding carboxylic acids is 1. The molecule has 0 saturated heterocycles. The third kappa shape index (κ3) is 1.67. The number of H-pyrrole nitrogens is 1. The Kier molecular flexibility index (Phi) is 2.48. The Morgan fingerprint density at radius 3 is 3.18 bits per heavy atom. The van der Waals surface area contributed by atoms with Crippen LogP contribution in [0.3, 0.4) is 0 Å². The molecule has 0 fully saturated rings. The van der Waals surface area contributed by atoms with E-state index < -0.39 is 0 Å². The van der Waals surface area contributed by atoms with Gasteiger partial charge in [-0.1, -0.05) is 6.07 Å². The number of fused-ring (bicyclic) bond motifs is 1. The Bertz CT molecular complexity index is 544. The lowest BCUT2D eigenvalue weighted by atomic mass is 9.86. The first-order valence-corrected chi connectivity index (χ1v) is 6.55. The van der Waals surface area contributed by atoms with Crippen molar-refractivity contribution in [3.63, 3.8) is 0 Å². The van der Waals surface area contributed by atoms with Crippen LogP contribution in [0.5, 0.6) is 0 Å². The highest BCUT2D eigenvalue weighted by molar-refractivity contribution is 7.13.